The van der Waals surface area contributed by atoms with Crippen LogP contribution in [0, 0.1) is 6.92 Å². The van der Waals surface area contributed by atoms with E-state index in [0.29, 0.717) is 0 Å². The lowest BCUT2D eigenvalue weighted by Gasteiger charge is -2.27. The second-order valence-electron chi connectivity index (χ2n) is 6.51. The molecule has 29 heavy (non-hydrogen) atoms. The van der Waals surface area contributed by atoms with Crippen LogP contribution in [0.15, 0.2) is 89.8 Å². The fourth-order valence-electron chi connectivity index (χ4n) is 2.64. The number of esters is 1. The fourth-order valence-corrected chi connectivity index (χ4v) is 3.72. The Labute approximate surface area is 170 Å². The van der Waals surface area contributed by atoms with Gasteiger partial charge in [0.2, 0.25) is 0 Å². The Morgan fingerprint density at radius 3 is 2.03 bits per heavy atom. The van der Waals surface area contributed by atoms with Crippen molar-refractivity contribution >= 4 is 16.1 Å². The third kappa shape index (κ3) is 4.89. The smallest absolute Gasteiger partial charge is 0.360 e. The number of carbonyl (C=O) groups excluding carboxylic acids is 1. The predicted octanol–water partition coefficient (Wildman–Crippen LogP) is 3.26. The first-order chi connectivity index (χ1) is 13.8. The van der Waals surface area contributed by atoms with Crippen molar-refractivity contribution in [3.05, 3.63) is 102 Å². The van der Waals surface area contributed by atoms with E-state index in [1.54, 1.807) is 54.6 Å². The molecule has 0 fully saturated rings. The van der Waals surface area contributed by atoms with Crippen LogP contribution in [0.2, 0.25) is 0 Å². The number of aryl methyl sites for hydroxylation is 1. The lowest BCUT2D eigenvalue weighted by atomic mass is 10.0. The molecule has 6 nitrogen and oxygen atoms in total. The van der Waals surface area contributed by atoms with Gasteiger partial charge in [-0.3, -0.25) is 5.73 Å². The predicted molar refractivity (Wildman–Crippen MR) is 108 cm³/mol. The van der Waals surface area contributed by atoms with Crippen LogP contribution in [0.4, 0.5) is 0 Å². The molecule has 0 radical (unpaired) electrons. The van der Waals surface area contributed by atoms with Gasteiger partial charge in [-0.05, 0) is 24.6 Å². The molecular weight excluding hydrogens is 390 g/mol. The standard InChI is InChI=1S/C22H21NO5S/c1-17-12-14-20(15-13-17)29(25,26)28-22(23,19-10-6-3-7-11-19)21(24)27-16-18-8-4-2-5-9-18/h2-15H,16,23H2,1H3. The molecule has 1 atom stereocenters. The summed E-state index contributed by atoms with van der Waals surface area (Å²) in [5.41, 5.74) is 5.65. The maximum absolute atomic E-state index is 12.9. The van der Waals surface area contributed by atoms with E-state index in [9.17, 15) is 13.2 Å². The van der Waals surface area contributed by atoms with Crippen molar-refractivity contribution in [2.75, 3.05) is 0 Å². The van der Waals surface area contributed by atoms with E-state index in [1.165, 1.54) is 24.3 Å². The highest BCUT2D eigenvalue weighted by molar-refractivity contribution is 7.86. The molecule has 0 aliphatic rings. The van der Waals surface area contributed by atoms with Crippen molar-refractivity contribution in [2.45, 2.75) is 24.2 Å². The maximum atomic E-state index is 12.9. The molecule has 0 aliphatic heterocycles. The second kappa shape index (κ2) is 8.57. The minimum atomic E-state index is -4.34. The third-order valence-corrected chi connectivity index (χ3v) is 5.60. The van der Waals surface area contributed by atoms with Gasteiger partial charge in [-0.2, -0.15) is 8.42 Å². The van der Waals surface area contributed by atoms with Gasteiger partial charge in [0, 0.05) is 5.56 Å². The number of rotatable bonds is 7. The van der Waals surface area contributed by atoms with Crippen LogP contribution in [0.5, 0.6) is 0 Å². The fraction of sp³-hybridized carbons (Fsp3) is 0.136. The Bertz CT molecular complexity index is 1070. The van der Waals surface area contributed by atoms with E-state index < -0.39 is 21.8 Å². The van der Waals surface area contributed by atoms with Crippen molar-refractivity contribution in [3.8, 4) is 0 Å². The molecule has 0 heterocycles. The highest BCUT2D eigenvalue weighted by Crippen LogP contribution is 2.28. The van der Waals surface area contributed by atoms with Crippen LogP contribution in [0.25, 0.3) is 0 Å². The molecule has 0 aliphatic carbocycles. The monoisotopic (exact) mass is 411 g/mol. The normalized spacial score (nSPS) is 13.4. The van der Waals surface area contributed by atoms with Gasteiger partial charge in [0.25, 0.3) is 15.8 Å². The molecule has 0 spiro atoms. The zero-order valence-electron chi connectivity index (χ0n) is 15.8. The molecule has 3 rings (SSSR count). The van der Waals surface area contributed by atoms with Crippen molar-refractivity contribution in [3.63, 3.8) is 0 Å². The molecular formula is C22H21NO5S. The highest BCUT2D eigenvalue weighted by Gasteiger charge is 2.44. The van der Waals surface area contributed by atoms with Crippen LogP contribution >= 0.6 is 0 Å². The highest BCUT2D eigenvalue weighted by atomic mass is 32.2. The summed E-state index contributed by atoms with van der Waals surface area (Å²) >= 11 is 0. The van der Waals surface area contributed by atoms with Gasteiger partial charge >= 0.3 is 5.97 Å². The van der Waals surface area contributed by atoms with E-state index in [2.05, 4.69) is 0 Å². The van der Waals surface area contributed by atoms with E-state index in [0.717, 1.165) is 11.1 Å². The summed E-state index contributed by atoms with van der Waals surface area (Å²) in [6.07, 6.45) is 0. The Hall–Kier alpha value is -3.00. The zero-order valence-corrected chi connectivity index (χ0v) is 16.6. The summed E-state index contributed by atoms with van der Waals surface area (Å²) in [7, 11) is -4.34. The van der Waals surface area contributed by atoms with Crippen LogP contribution < -0.4 is 5.73 Å². The first-order valence-electron chi connectivity index (χ1n) is 8.89. The Kier molecular flexibility index (Phi) is 6.12. The van der Waals surface area contributed by atoms with Gasteiger partial charge in [0.15, 0.2) is 0 Å². The van der Waals surface area contributed by atoms with E-state index in [1.807, 2.05) is 13.0 Å². The number of carbonyl (C=O) groups is 1. The largest absolute Gasteiger partial charge is 0.457 e. The molecule has 0 bridgehead atoms. The molecule has 1 unspecified atom stereocenters. The van der Waals surface area contributed by atoms with Crippen LogP contribution in [0.3, 0.4) is 0 Å². The average Bonchev–Trinajstić information content (AvgIpc) is 2.73. The molecule has 3 aromatic rings. The molecule has 0 amide bonds. The second-order valence-corrected chi connectivity index (χ2v) is 8.06. The van der Waals surface area contributed by atoms with E-state index >= 15 is 0 Å². The maximum Gasteiger partial charge on any atom is 0.360 e. The molecule has 2 N–H and O–H groups in total. The minimum Gasteiger partial charge on any atom is -0.457 e. The van der Waals surface area contributed by atoms with Gasteiger partial charge in [-0.25, -0.2) is 8.98 Å². The third-order valence-electron chi connectivity index (χ3n) is 4.27. The molecule has 0 aromatic heterocycles. The Balaban J connectivity index is 1.91. The Morgan fingerprint density at radius 1 is 0.897 bits per heavy atom. The van der Waals surface area contributed by atoms with Gasteiger partial charge in [0.1, 0.15) is 6.61 Å². The number of nitrogens with two attached hydrogens (primary N) is 1. The molecule has 0 saturated carbocycles. The summed E-state index contributed by atoms with van der Waals surface area (Å²) in [5, 5.41) is 0. The lowest BCUT2D eigenvalue weighted by molar-refractivity contribution is -0.164. The number of benzene rings is 3. The summed E-state index contributed by atoms with van der Waals surface area (Å²) in [4.78, 5) is 12.8. The number of ether oxygens (including phenoxy) is 1. The van der Waals surface area contributed by atoms with Crippen LogP contribution in [0.1, 0.15) is 16.7 Å². The van der Waals surface area contributed by atoms with Crippen LogP contribution in [-0.2, 0) is 36.2 Å². The SMILES string of the molecule is Cc1ccc(S(=O)(=O)OC(N)(C(=O)OCc2ccccc2)c2ccccc2)cc1. The number of hydrogen-bond acceptors (Lipinski definition) is 6. The minimum absolute atomic E-state index is 0.0700. The van der Waals surface area contributed by atoms with Crippen molar-refractivity contribution in [2.24, 2.45) is 5.73 Å². The summed E-state index contributed by atoms with van der Waals surface area (Å²) < 4.78 is 36.2. The van der Waals surface area contributed by atoms with Crippen molar-refractivity contribution in [1.29, 1.82) is 0 Å². The first-order valence-corrected chi connectivity index (χ1v) is 10.3. The first kappa shape index (κ1) is 20.7. The quantitative estimate of drug-likeness (QED) is 0.364. The van der Waals surface area contributed by atoms with Crippen molar-refractivity contribution in [1.82, 2.24) is 0 Å². The van der Waals surface area contributed by atoms with Crippen molar-refractivity contribution < 1.29 is 22.1 Å². The lowest BCUT2D eigenvalue weighted by Crippen LogP contribution is -2.49. The molecule has 3 aromatic carbocycles. The van der Waals surface area contributed by atoms with Gasteiger partial charge in [-0.15, -0.1) is 0 Å². The topological polar surface area (TPSA) is 95.7 Å². The van der Waals surface area contributed by atoms with Crippen LogP contribution in [-0.4, -0.2) is 14.4 Å². The number of hydrogen-bond donors (Lipinski definition) is 1. The summed E-state index contributed by atoms with van der Waals surface area (Å²) in [6, 6.07) is 23.0. The van der Waals surface area contributed by atoms with Gasteiger partial charge in [-0.1, -0.05) is 78.4 Å². The molecule has 0 saturated heterocycles. The van der Waals surface area contributed by atoms with E-state index in [4.69, 9.17) is 14.7 Å². The summed E-state index contributed by atoms with van der Waals surface area (Å²) in [5.74, 6) is -1.01. The molecule has 7 heteroatoms. The average molecular weight is 411 g/mol. The van der Waals surface area contributed by atoms with Gasteiger partial charge < -0.3 is 4.74 Å². The van der Waals surface area contributed by atoms with E-state index in [-0.39, 0.29) is 17.1 Å². The zero-order chi connectivity index (χ0) is 20.9. The summed E-state index contributed by atoms with van der Waals surface area (Å²) in [6.45, 7) is 1.76. The Morgan fingerprint density at radius 2 is 1.45 bits per heavy atom. The van der Waals surface area contributed by atoms with Gasteiger partial charge in [0.05, 0.1) is 4.90 Å². The molecule has 150 valence electrons.